The predicted octanol–water partition coefficient (Wildman–Crippen LogP) is 3.48. The van der Waals surface area contributed by atoms with E-state index in [1.165, 1.54) is 10.8 Å². The second-order valence-electron chi connectivity index (χ2n) is 7.38. The fraction of sp³-hybridized carbons (Fsp3) is 0.300. The summed E-state index contributed by atoms with van der Waals surface area (Å²) in [5.74, 6) is 0.924. The summed E-state index contributed by atoms with van der Waals surface area (Å²) in [6.45, 7) is 5.95. The Hall–Kier alpha value is -3.27. The number of hydrogen-bond acceptors (Lipinski definition) is 8. The Bertz CT molecular complexity index is 1300. The van der Waals surface area contributed by atoms with Crippen LogP contribution in [0.3, 0.4) is 0 Å². The minimum atomic E-state index is -3.61. The normalized spacial score (nSPS) is 13.1. The molecule has 0 saturated heterocycles. The Kier molecular flexibility index (Phi) is 5.02. The van der Waals surface area contributed by atoms with Crippen molar-refractivity contribution in [3.05, 3.63) is 54.0 Å². The number of oxazole rings is 1. The molecule has 30 heavy (non-hydrogen) atoms. The third-order valence-electron chi connectivity index (χ3n) is 4.76. The number of fused-ring (bicyclic) bond motifs is 1. The van der Waals surface area contributed by atoms with E-state index in [9.17, 15) is 8.42 Å². The third kappa shape index (κ3) is 3.65. The van der Waals surface area contributed by atoms with Gasteiger partial charge >= 0.3 is 0 Å². The summed E-state index contributed by atoms with van der Waals surface area (Å²) in [6.07, 6.45) is 5.90. The van der Waals surface area contributed by atoms with Crippen molar-refractivity contribution in [1.82, 2.24) is 24.6 Å². The summed E-state index contributed by atoms with van der Waals surface area (Å²) in [5.41, 5.74) is 3.07. The van der Waals surface area contributed by atoms with Crippen LogP contribution in [-0.2, 0) is 9.84 Å². The van der Waals surface area contributed by atoms with Crippen LogP contribution in [0.25, 0.3) is 17.1 Å². The number of rotatable bonds is 6. The van der Waals surface area contributed by atoms with Crippen LogP contribution in [0.5, 0.6) is 0 Å². The second-order valence-corrected chi connectivity index (χ2v) is 9.29. The molecule has 0 aliphatic heterocycles. The molecule has 0 radical (unpaired) electrons. The number of nitrogens with one attached hydrogen (secondary N) is 1. The summed E-state index contributed by atoms with van der Waals surface area (Å²) in [6, 6.07) is 7.45. The monoisotopic (exact) mass is 426 g/mol. The number of nitrogens with zero attached hydrogens (tertiary/aromatic N) is 5. The summed E-state index contributed by atoms with van der Waals surface area (Å²) in [5, 5.41) is 7.43. The summed E-state index contributed by atoms with van der Waals surface area (Å²) in [4.78, 5) is 12.8. The van der Waals surface area contributed by atoms with Crippen LogP contribution in [0.2, 0.25) is 0 Å². The molecule has 0 aliphatic rings. The van der Waals surface area contributed by atoms with E-state index < -0.39 is 9.84 Å². The van der Waals surface area contributed by atoms with Gasteiger partial charge in [0, 0.05) is 17.4 Å². The summed E-state index contributed by atoms with van der Waals surface area (Å²) in [7, 11) is -3.61. The molecular formula is C20H22N6O3S. The highest BCUT2D eigenvalue weighted by molar-refractivity contribution is 7.90. The topological polar surface area (TPSA) is 115 Å². The maximum Gasteiger partial charge on any atom is 0.252 e. The van der Waals surface area contributed by atoms with Crippen LogP contribution in [0.4, 0.5) is 5.95 Å². The average Bonchev–Trinajstić information content (AvgIpc) is 3.37. The number of hydrogen-bond donors (Lipinski definition) is 1. The van der Waals surface area contributed by atoms with Gasteiger partial charge in [0.15, 0.2) is 5.65 Å². The van der Waals surface area contributed by atoms with E-state index in [1.54, 1.807) is 12.4 Å². The van der Waals surface area contributed by atoms with E-state index >= 15 is 0 Å². The van der Waals surface area contributed by atoms with Gasteiger partial charge in [-0.25, -0.2) is 13.4 Å². The molecule has 1 N–H and O–H groups in total. The Morgan fingerprint density at radius 1 is 1.10 bits per heavy atom. The lowest BCUT2D eigenvalue weighted by molar-refractivity contribution is 0.573. The van der Waals surface area contributed by atoms with E-state index in [4.69, 9.17) is 4.42 Å². The molecule has 156 valence electrons. The van der Waals surface area contributed by atoms with Gasteiger partial charge in [0.2, 0.25) is 21.7 Å². The first-order chi connectivity index (χ1) is 14.3. The molecule has 3 aromatic heterocycles. The standard InChI is InChI=1S/C20H22N6O3S/c1-12(2)16-11-22-26-17(16)24-20(30(4,27)28)25-19(26)23-13(3)14-7-5-6-8-15(14)18-21-9-10-29-18/h5-13H,1-4H3,(H,23,24,25). The number of sulfone groups is 1. The zero-order chi connectivity index (χ0) is 21.5. The Balaban J connectivity index is 1.81. The predicted molar refractivity (Wildman–Crippen MR) is 112 cm³/mol. The highest BCUT2D eigenvalue weighted by atomic mass is 32.2. The van der Waals surface area contributed by atoms with Crippen molar-refractivity contribution >= 4 is 21.4 Å². The van der Waals surface area contributed by atoms with Crippen LogP contribution >= 0.6 is 0 Å². The molecular weight excluding hydrogens is 404 g/mol. The fourth-order valence-corrected chi connectivity index (χ4v) is 3.74. The Morgan fingerprint density at radius 2 is 1.87 bits per heavy atom. The van der Waals surface area contributed by atoms with E-state index in [-0.39, 0.29) is 17.1 Å². The van der Waals surface area contributed by atoms with E-state index in [2.05, 4.69) is 25.4 Å². The quantitative estimate of drug-likeness (QED) is 0.498. The fourth-order valence-electron chi connectivity index (χ4n) is 3.24. The molecule has 0 fully saturated rings. The van der Waals surface area contributed by atoms with Crippen LogP contribution in [0.1, 0.15) is 43.9 Å². The highest BCUT2D eigenvalue weighted by Gasteiger charge is 2.22. The molecule has 0 bridgehead atoms. The van der Waals surface area contributed by atoms with Crippen molar-refractivity contribution < 1.29 is 12.8 Å². The van der Waals surface area contributed by atoms with Gasteiger partial charge in [-0.1, -0.05) is 32.0 Å². The summed E-state index contributed by atoms with van der Waals surface area (Å²) >= 11 is 0. The minimum Gasteiger partial charge on any atom is -0.445 e. The number of benzene rings is 1. The van der Waals surface area contributed by atoms with Gasteiger partial charge in [0.05, 0.1) is 18.4 Å². The first-order valence-corrected chi connectivity index (χ1v) is 11.4. The number of anilines is 1. The van der Waals surface area contributed by atoms with Gasteiger partial charge in [0.1, 0.15) is 6.26 Å². The highest BCUT2D eigenvalue weighted by Crippen LogP contribution is 2.30. The lowest BCUT2D eigenvalue weighted by Crippen LogP contribution is -2.16. The SMILES string of the molecule is CC(C)c1cnn2c(NC(C)c3ccccc3-c3ncco3)nc(S(C)(=O)=O)nc12. The van der Waals surface area contributed by atoms with Gasteiger partial charge < -0.3 is 9.73 Å². The Morgan fingerprint density at radius 3 is 2.53 bits per heavy atom. The molecule has 0 spiro atoms. The van der Waals surface area contributed by atoms with Crippen molar-refractivity contribution in [3.8, 4) is 11.5 Å². The van der Waals surface area contributed by atoms with Crippen molar-refractivity contribution in [3.63, 3.8) is 0 Å². The number of aromatic nitrogens is 5. The van der Waals surface area contributed by atoms with Crippen LogP contribution in [-0.4, -0.2) is 39.2 Å². The third-order valence-corrected chi connectivity index (χ3v) is 5.61. The molecule has 9 nitrogen and oxygen atoms in total. The Labute approximate surface area is 174 Å². The smallest absolute Gasteiger partial charge is 0.252 e. The second kappa shape index (κ2) is 7.52. The molecule has 4 rings (SSSR count). The van der Waals surface area contributed by atoms with Crippen LogP contribution < -0.4 is 5.32 Å². The zero-order valence-corrected chi connectivity index (χ0v) is 17.9. The average molecular weight is 427 g/mol. The molecule has 0 saturated carbocycles. The molecule has 10 heteroatoms. The van der Waals surface area contributed by atoms with Crippen molar-refractivity contribution in [2.75, 3.05) is 11.6 Å². The van der Waals surface area contributed by atoms with Crippen molar-refractivity contribution in [1.29, 1.82) is 0 Å². The lowest BCUT2D eigenvalue weighted by atomic mass is 10.0. The molecule has 1 atom stereocenters. The maximum absolute atomic E-state index is 12.2. The van der Waals surface area contributed by atoms with Crippen LogP contribution in [0, 0.1) is 0 Å². The van der Waals surface area contributed by atoms with Crippen molar-refractivity contribution in [2.24, 2.45) is 0 Å². The first kappa shape index (κ1) is 20.0. The minimum absolute atomic E-state index is 0.126. The largest absolute Gasteiger partial charge is 0.445 e. The molecule has 0 aliphatic carbocycles. The van der Waals surface area contributed by atoms with Gasteiger partial charge in [-0.3, -0.25) is 0 Å². The van der Waals surface area contributed by atoms with Gasteiger partial charge in [-0.2, -0.15) is 19.6 Å². The molecule has 3 heterocycles. The first-order valence-electron chi connectivity index (χ1n) is 9.46. The van der Waals surface area contributed by atoms with E-state index in [0.29, 0.717) is 17.5 Å². The van der Waals surface area contributed by atoms with Crippen molar-refractivity contribution in [2.45, 2.75) is 37.9 Å². The molecule has 1 unspecified atom stereocenters. The molecule has 0 amide bonds. The lowest BCUT2D eigenvalue weighted by Gasteiger charge is -2.18. The zero-order valence-electron chi connectivity index (χ0n) is 17.1. The van der Waals surface area contributed by atoms with Gasteiger partial charge in [-0.05, 0) is 24.5 Å². The van der Waals surface area contributed by atoms with Gasteiger partial charge in [-0.15, -0.1) is 0 Å². The van der Waals surface area contributed by atoms with Crippen LogP contribution in [0.15, 0.2) is 52.5 Å². The summed E-state index contributed by atoms with van der Waals surface area (Å²) < 4.78 is 31.4. The van der Waals surface area contributed by atoms with Gasteiger partial charge in [0.25, 0.3) is 5.16 Å². The maximum atomic E-state index is 12.2. The van der Waals surface area contributed by atoms with E-state index in [1.807, 2.05) is 45.0 Å². The molecule has 1 aromatic carbocycles. The van der Waals surface area contributed by atoms with E-state index in [0.717, 1.165) is 22.9 Å². The molecule has 4 aromatic rings.